The van der Waals surface area contributed by atoms with Gasteiger partial charge in [0.25, 0.3) is 0 Å². The number of para-hydroxylation sites is 2. The predicted molar refractivity (Wildman–Crippen MR) is 126 cm³/mol. The lowest BCUT2D eigenvalue weighted by Gasteiger charge is -2.37. The molecule has 0 bridgehead atoms. The Bertz CT molecular complexity index is 1270. The van der Waals surface area contributed by atoms with E-state index in [1.165, 1.54) is 16.9 Å². The Hall–Kier alpha value is -3.36. The molecule has 2 aromatic heterocycles. The number of hydrogen-bond acceptors (Lipinski definition) is 4. The minimum atomic E-state index is 0.679. The van der Waals surface area contributed by atoms with Crippen LogP contribution in [0.25, 0.3) is 16.7 Å². The molecule has 156 valence electrons. The highest BCUT2D eigenvalue weighted by Crippen LogP contribution is 2.35. The monoisotopic (exact) mass is 409 g/mol. The van der Waals surface area contributed by atoms with Gasteiger partial charge in [-0.05, 0) is 36.7 Å². The lowest BCUT2D eigenvalue weighted by molar-refractivity contribution is 0.270. The molecule has 2 aromatic carbocycles. The average molecular weight is 410 g/mol. The molecule has 0 atom stereocenters. The lowest BCUT2D eigenvalue weighted by atomic mass is 9.97. The molecule has 5 nitrogen and oxygen atoms in total. The topological polar surface area (TPSA) is 47.6 Å². The second-order valence-electron chi connectivity index (χ2n) is 8.26. The van der Waals surface area contributed by atoms with Gasteiger partial charge < -0.3 is 9.80 Å². The number of rotatable bonds is 4. The molecule has 1 saturated heterocycles. The van der Waals surface area contributed by atoms with E-state index in [9.17, 15) is 5.26 Å². The number of anilines is 1. The molecule has 5 heteroatoms. The molecule has 5 rings (SSSR count). The molecule has 0 saturated carbocycles. The second kappa shape index (κ2) is 8.05. The molecule has 0 radical (unpaired) electrons. The Labute approximate surface area is 183 Å². The van der Waals surface area contributed by atoms with Crippen molar-refractivity contribution in [2.45, 2.75) is 20.3 Å². The first kappa shape index (κ1) is 19.6. The van der Waals surface area contributed by atoms with Crippen LogP contribution >= 0.6 is 0 Å². The van der Waals surface area contributed by atoms with Crippen LogP contribution in [0.3, 0.4) is 0 Å². The van der Waals surface area contributed by atoms with Crippen LogP contribution in [0.1, 0.15) is 29.2 Å². The van der Waals surface area contributed by atoms with Crippen molar-refractivity contribution >= 4 is 22.5 Å². The average Bonchev–Trinajstić information content (AvgIpc) is 3.19. The van der Waals surface area contributed by atoms with Crippen molar-refractivity contribution in [3.05, 3.63) is 76.9 Å². The summed E-state index contributed by atoms with van der Waals surface area (Å²) >= 11 is 0. The maximum atomic E-state index is 10.1. The fraction of sp³-hybridized carbons (Fsp3) is 0.308. The van der Waals surface area contributed by atoms with Gasteiger partial charge in [-0.25, -0.2) is 4.98 Å². The zero-order valence-electron chi connectivity index (χ0n) is 18.2. The van der Waals surface area contributed by atoms with Crippen molar-refractivity contribution in [1.29, 1.82) is 5.26 Å². The van der Waals surface area contributed by atoms with Crippen LogP contribution in [0.5, 0.6) is 0 Å². The molecule has 3 heterocycles. The predicted octanol–water partition coefficient (Wildman–Crippen LogP) is 4.40. The van der Waals surface area contributed by atoms with Crippen LogP contribution in [-0.2, 0) is 6.42 Å². The smallest absolute Gasteiger partial charge is 0.157 e. The van der Waals surface area contributed by atoms with Gasteiger partial charge in [-0.3, -0.25) is 4.40 Å². The van der Waals surface area contributed by atoms with Gasteiger partial charge in [0.05, 0.1) is 16.6 Å². The van der Waals surface area contributed by atoms with E-state index in [1.54, 1.807) is 0 Å². The van der Waals surface area contributed by atoms with Crippen LogP contribution in [0.4, 0.5) is 5.82 Å². The van der Waals surface area contributed by atoms with E-state index in [4.69, 9.17) is 4.98 Å². The van der Waals surface area contributed by atoms with Gasteiger partial charge in [-0.15, -0.1) is 0 Å². The van der Waals surface area contributed by atoms with Crippen molar-refractivity contribution in [3.8, 4) is 6.07 Å². The molecule has 0 aliphatic carbocycles. The van der Waals surface area contributed by atoms with Gasteiger partial charge in [0, 0.05) is 38.2 Å². The number of nitriles is 1. The van der Waals surface area contributed by atoms with Crippen LogP contribution in [0.2, 0.25) is 0 Å². The number of benzene rings is 2. The first-order valence-corrected chi connectivity index (χ1v) is 11.0. The number of hydrogen-bond donors (Lipinski definition) is 0. The third-order valence-corrected chi connectivity index (χ3v) is 6.55. The van der Waals surface area contributed by atoms with Crippen LogP contribution < -0.4 is 4.90 Å². The Kier molecular flexibility index (Phi) is 5.09. The molecule has 4 aromatic rings. The van der Waals surface area contributed by atoms with Crippen molar-refractivity contribution in [2.75, 3.05) is 37.6 Å². The standard InChI is InChI=1S/C26H27N5/c1-3-29-13-15-30(16-14-29)26-21(17-20-9-5-4-6-10-20)19(2)22(18-27)25-28-23-11-7-8-12-24(23)31(25)26/h4-12H,3,13-17H2,1-2H3. The fourth-order valence-corrected chi connectivity index (χ4v) is 4.78. The summed E-state index contributed by atoms with van der Waals surface area (Å²) in [4.78, 5) is 9.88. The molecule has 31 heavy (non-hydrogen) atoms. The van der Waals surface area contributed by atoms with Crippen LogP contribution in [0.15, 0.2) is 54.6 Å². The normalized spacial score (nSPS) is 14.9. The first-order valence-electron chi connectivity index (χ1n) is 11.0. The summed E-state index contributed by atoms with van der Waals surface area (Å²) in [6.07, 6.45) is 0.799. The van der Waals surface area contributed by atoms with E-state index in [-0.39, 0.29) is 0 Å². The van der Waals surface area contributed by atoms with Crippen molar-refractivity contribution in [1.82, 2.24) is 14.3 Å². The quantitative estimate of drug-likeness (QED) is 0.501. The summed E-state index contributed by atoms with van der Waals surface area (Å²) in [5.74, 6) is 1.19. The molecule has 1 aliphatic heterocycles. The molecular weight excluding hydrogens is 382 g/mol. The zero-order valence-corrected chi connectivity index (χ0v) is 18.2. The summed E-state index contributed by atoms with van der Waals surface area (Å²) in [5, 5.41) is 10.1. The third kappa shape index (κ3) is 3.34. The largest absolute Gasteiger partial charge is 0.355 e. The maximum absolute atomic E-state index is 10.1. The number of fused-ring (bicyclic) bond motifs is 3. The van der Waals surface area contributed by atoms with E-state index in [0.717, 1.165) is 61.4 Å². The van der Waals surface area contributed by atoms with E-state index in [1.807, 2.05) is 12.1 Å². The van der Waals surface area contributed by atoms with E-state index in [0.29, 0.717) is 5.56 Å². The summed E-state index contributed by atoms with van der Waals surface area (Å²) in [5.41, 5.74) is 6.97. The molecule has 1 fully saturated rings. The maximum Gasteiger partial charge on any atom is 0.157 e. The van der Waals surface area contributed by atoms with Crippen molar-refractivity contribution < 1.29 is 0 Å². The van der Waals surface area contributed by atoms with Gasteiger partial charge in [-0.1, -0.05) is 49.4 Å². The minimum Gasteiger partial charge on any atom is -0.355 e. The highest BCUT2D eigenvalue weighted by atomic mass is 15.3. The van der Waals surface area contributed by atoms with E-state index >= 15 is 0 Å². The van der Waals surface area contributed by atoms with Gasteiger partial charge in [0.15, 0.2) is 5.65 Å². The van der Waals surface area contributed by atoms with Gasteiger partial charge in [0.1, 0.15) is 11.9 Å². The van der Waals surface area contributed by atoms with Gasteiger partial charge in [0.2, 0.25) is 0 Å². The van der Waals surface area contributed by atoms with Crippen molar-refractivity contribution in [2.24, 2.45) is 0 Å². The number of aromatic nitrogens is 2. The summed E-state index contributed by atoms with van der Waals surface area (Å²) < 4.78 is 2.24. The Balaban J connectivity index is 1.79. The van der Waals surface area contributed by atoms with Gasteiger partial charge in [-0.2, -0.15) is 5.26 Å². The molecule has 0 N–H and O–H groups in total. The Morgan fingerprint density at radius 2 is 1.68 bits per heavy atom. The Morgan fingerprint density at radius 3 is 2.39 bits per heavy atom. The third-order valence-electron chi connectivity index (χ3n) is 6.55. The molecule has 1 aliphatic rings. The zero-order chi connectivity index (χ0) is 21.4. The highest BCUT2D eigenvalue weighted by molar-refractivity contribution is 5.86. The number of imidazole rings is 1. The van der Waals surface area contributed by atoms with Crippen molar-refractivity contribution in [3.63, 3.8) is 0 Å². The summed E-state index contributed by atoms with van der Waals surface area (Å²) in [6, 6.07) is 21.2. The molecule has 0 unspecified atom stereocenters. The molecule has 0 amide bonds. The Morgan fingerprint density at radius 1 is 0.968 bits per heavy atom. The van der Waals surface area contributed by atoms with E-state index in [2.05, 4.69) is 76.6 Å². The number of likely N-dealkylation sites (N-methyl/N-ethyl adjacent to an activating group) is 1. The first-order chi connectivity index (χ1) is 15.2. The van der Waals surface area contributed by atoms with E-state index < -0.39 is 0 Å². The van der Waals surface area contributed by atoms with Gasteiger partial charge >= 0.3 is 0 Å². The molecular formula is C26H27N5. The minimum absolute atomic E-state index is 0.679. The van der Waals surface area contributed by atoms with Crippen LogP contribution in [-0.4, -0.2) is 47.0 Å². The number of nitrogens with zero attached hydrogens (tertiary/aromatic N) is 5. The lowest BCUT2D eigenvalue weighted by Crippen LogP contribution is -2.47. The SMILES string of the molecule is CCN1CCN(c2c(Cc3ccccc3)c(C)c(C#N)c3nc4ccccc4n23)CC1. The summed E-state index contributed by atoms with van der Waals surface area (Å²) in [6.45, 7) is 9.44. The number of pyridine rings is 1. The fourth-order valence-electron chi connectivity index (χ4n) is 4.78. The van der Waals surface area contributed by atoms with Crippen LogP contribution in [0, 0.1) is 18.3 Å². The number of piperazine rings is 1. The highest BCUT2D eigenvalue weighted by Gasteiger charge is 2.26. The second-order valence-corrected chi connectivity index (χ2v) is 8.26. The molecule has 0 spiro atoms. The summed E-state index contributed by atoms with van der Waals surface area (Å²) in [7, 11) is 0.